The highest BCUT2D eigenvalue weighted by atomic mass is 79.9. The van der Waals surface area contributed by atoms with Crippen LogP contribution in [0.25, 0.3) is 11.3 Å². The Bertz CT molecular complexity index is 1140. The number of hydrogen-bond donors (Lipinski definition) is 1. The van der Waals surface area contributed by atoms with Gasteiger partial charge in [-0.25, -0.2) is 18.1 Å². The zero-order valence-electron chi connectivity index (χ0n) is 14.3. The molecule has 0 bridgehead atoms. The quantitative estimate of drug-likeness (QED) is 0.551. The minimum atomic E-state index is -3.56. The van der Waals surface area contributed by atoms with Crippen molar-refractivity contribution >= 4 is 67.2 Å². The molecule has 1 aromatic heterocycles. The van der Waals surface area contributed by atoms with E-state index in [0.29, 0.717) is 26.1 Å². The number of aromatic nitrogens is 1. The Morgan fingerprint density at radius 1 is 1.11 bits per heavy atom. The van der Waals surface area contributed by atoms with Gasteiger partial charge in [0.25, 0.3) is 0 Å². The number of nitrogens with one attached hydrogen (secondary N) is 1. The molecule has 0 saturated heterocycles. The van der Waals surface area contributed by atoms with Gasteiger partial charge in [-0.2, -0.15) is 0 Å². The summed E-state index contributed by atoms with van der Waals surface area (Å²) in [5.74, 6) is 0. The van der Waals surface area contributed by atoms with Gasteiger partial charge in [-0.3, -0.25) is 0 Å². The van der Waals surface area contributed by atoms with Crippen LogP contribution in [0.5, 0.6) is 0 Å². The van der Waals surface area contributed by atoms with E-state index in [2.05, 4.69) is 9.71 Å². The lowest BCUT2D eigenvalue weighted by atomic mass is 10.2. The molecule has 0 aliphatic heterocycles. The third kappa shape index (κ3) is 4.64. The predicted molar refractivity (Wildman–Crippen MR) is 117 cm³/mol. The van der Waals surface area contributed by atoms with Crippen molar-refractivity contribution in [1.82, 2.24) is 9.29 Å². The van der Waals surface area contributed by atoms with Crippen LogP contribution in [-0.2, 0) is 17.1 Å². The molecule has 0 atom stereocenters. The van der Waals surface area contributed by atoms with Crippen LogP contribution in [0.15, 0.2) is 57.7 Å². The van der Waals surface area contributed by atoms with Gasteiger partial charge < -0.3 is 4.57 Å². The average Bonchev–Trinajstić information content (AvgIpc) is 2.98. The highest BCUT2D eigenvalue weighted by molar-refractivity contribution is 8.93. The fourth-order valence-electron chi connectivity index (χ4n) is 2.35. The van der Waals surface area contributed by atoms with Gasteiger partial charge in [0, 0.05) is 23.0 Å². The van der Waals surface area contributed by atoms with Crippen LogP contribution in [0.1, 0.15) is 0 Å². The van der Waals surface area contributed by atoms with E-state index >= 15 is 0 Å². The third-order valence-electron chi connectivity index (χ3n) is 3.79. The largest absolute Gasteiger partial charge is 0.319 e. The van der Waals surface area contributed by atoms with Crippen LogP contribution < -0.4 is 9.52 Å². The lowest BCUT2D eigenvalue weighted by Crippen LogP contribution is -2.18. The Balaban J connectivity index is 0.00000261. The molecule has 0 radical (unpaired) electrons. The second-order valence-electron chi connectivity index (χ2n) is 5.37. The average molecular weight is 509 g/mol. The maximum atomic E-state index is 12.1. The lowest BCUT2D eigenvalue weighted by Gasteiger charge is -2.09. The smallest absolute Gasteiger partial charge is 0.240 e. The summed E-state index contributed by atoms with van der Waals surface area (Å²) >= 11 is 13.9. The number of thiazole rings is 1. The first-order valence-electron chi connectivity index (χ1n) is 7.51. The topological polar surface area (TPSA) is 63.5 Å². The van der Waals surface area contributed by atoms with Crippen LogP contribution in [0.3, 0.4) is 0 Å². The van der Waals surface area contributed by atoms with E-state index in [1.807, 2.05) is 35.2 Å². The van der Waals surface area contributed by atoms with E-state index in [9.17, 15) is 8.42 Å². The first-order valence-corrected chi connectivity index (χ1v) is 10.6. The molecular weight excluding hydrogens is 493 g/mol. The van der Waals surface area contributed by atoms with Crippen molar-refractivity contribution in [2.45, 2.75) is 4.90 Å². The van der Waals surface area contributed by atoms with Crippen molar-refractivity contribution < 1.29 is 8.42 Å². The van der Waals surface area contributed by atoms with E-state index in [1.54, 1.807) is 18.2 Å². The summed E-state index contributed by atoms with van der Waals surface area (Å²) in [6.07, 6.45) is 0. The highest BCUT2D eigenvalue weighted by Crippen LogP contribution is 2.31. The lowest BCUT2D eigenvalue weighted by molar-refractivity contribution is 0.588. The summed E-state index contributed by atoms with van der Waals surface area (Å²) in [5.41, 5.74) is 2.04. The van der Waals surface area contributed by atoms with Crippen LogP contribution in [-0.4, -0.2) is 20.0 Å². The Hall–Kier alpha value is -1.16. The molecule has 3 rings (SSSR count). The van der Waals surface area contributed by atoms with Crippen molar-refractivity contribution in [3.05, 3.63) is 62.7 Å². The standard InChI is InChI=1S/C17H15Cl2N3O2S2.BrH/c1-20-26(23,24)11-7-8-13(18)12(9-11)16-10-25-17(22(16)2)21-15-6-4-3-5-14(15)19;/h3-10,20H,1-2H3;1H. The van der Waals surface area contributed by atoms with Crippen molar-refractivity contribution in [2.75, 3.05) is 7.05 Å². The molecule has 0 spiro atoms. The molecule has 0 saturated carbocycles. The van der Waals surface area contributed by atoms with E-state index < -0.39 is 10.0 Å². The molecular formula is C17H16BrCl2N3O2S2. The Labute approximate surface area is 182 Å². The van der Waals surface area contributed by atoms with Gasteiger partial charge in [0.2, 0.25) is 10.0 Å². The van der Waals surface area contributed by atoms with E-state index in [0.717, 1.165) is 5.69 Å². The minimum Gasteiger partial charge on any atom is -0.319 e. The van der Waals surface area contributed by atoms with E-state index in [-0.39, 0.29) is 21.9 Å². The van der Waals surface area contributed by atoms with Gasteiger partial charge in [-0.05, 0) is 37.4 Å². The number of sulfonamides is 1. The van der Waals surface area contributed by atoms with Gasteiger partial charge in [0.15, 0.2) is 4.80 Å². The maximum absolute atomic E-state index is 12.1. The SMILES string of the molecule is Br.CNS(=O)(=O)c1ccc(Cl)c(-c2csc(=Nc3ccccc3Cl)n2C)c1. The molecule has 1 N–H and O–H groups in total. The van der Waals surface area contributed by atoms with Gasteiger partial charge >= 0.3 is 0 Å². The monoisotopic (exact) mass is 507 g/mol. The van der Waals surface area contributed by atoms with Gasteiger partial charge in [-0.1, -0.05) is 35.3 Å². The van der Waals surface area contributed by atoms with Crippen LogP contribution in [0, 0.1) is 0 Å². The highest BCUT2D eigenvalue weighted by Gasteiger charge is 2.16. The zero-order valence-corrected chi connectivity index (χ0v) is 19.2. The molecule has 0 unspecified atom stereocenters. The van der Waals surface area contributed by atoms with E-state index in [1.165, 1.54) is 24.5 Å². The molecule has 10 heteroatoms. The molecule has 27 heavy (non-hydrogen) atoms. The fraction of sp³-hybridized carbons (Fsp3) is 0.118. The molecule has 5 nitrogen and oxygen atoms in total. The Morgan fingerprint density at radius 3 is 2.48 bits per heavy atom. The van der Waals surface area contributed by atoms with Gasteiger partial charge in [0.1, 0.15) is 0 Å². The summed E-state index contributed by atoms with van der Waals surface area (Å²) in [5, 5.41) is 2.90. The van der Waals surface area contributed by atoms with Crippen molar-refractivity contribution in [3.63, 3.8) is 0 Å². The normalized spacial score (nSPS) is 12.1. The zero-order chi connectivity index (χ0) is 18.9. The Kier molecular flexibility index (Phi) is 7.29. The molecule has 1 heterocycles. The summed E-state index contributed by atoms with van der Waals surface area (Å²) in [4.78, 5) is 5.44. The number of hydrogen-bond acceptors (Lipinski definition) is 4. The van der Waals surface area contributed by atoms with Gasteiger partial charge in [-0.15, -0.1) is 28.3 Å². The minimum absolute atomic E-state index is 0. The number of benzene rings is 2. The first-order chi connectivity index (χ1) is 12.3. The van der Waals surface area contributed by atoms with Crippen LogP contribution in [0.2, 0.25) is 10.0 Å². The first kappa shape index (κ1) is 22.1. The van der Waals surface area contributed by atoms with Crippen LogP contribution in [0.4, 0.5) is 5.69 Å². The number of rotatable bonds is 4. The summed E-state index contributed by atoms with van der Waals surface area (Å²) < 4.78 is 28.3. The van der Waals surface area contributed by atoms with Crippen molar-refractivity contribution in [2.24, 2.45) is 12.0 Å². The predicted octanol–water partition coefficient (Wildman–Crippen LogP) is 4.78. The van der Waals surface area contributed by atoms with Crippen molar-refractivity contribution in [3.8, 4) is 11.3 Å². The van der Waals surface area contributed by atoms with Crippen molar-refractivity contribution in [1.29, 1.82) is 0 Å². The molecule has 2 aromatic carbocycles. The fourth-order valence-corrected chi connectivity index (χ4v) is 4.40. The van der Waals surface area contributed by atoms with E-state index in [4.69, 9.17) is 23.2 Å². The molecule has 0 aliphatic carbocycles. The third-order valence-corrected chi connectivity index (χ3v) is 6.76. The second-order valence-corrected chi connectivity index (χ2v) is 8.91. The molecule has 3 aromatic rings. The molecule has 0 amide bonds. The summed E-state index contributed by atoms with van der Waals surface area (Å²) in [6.45, 7) is 0. The number of para-hydroxylation sites is 1. The Morgan fingerprint density at radius 2 is 1.81 bits per heavy atom. The summed E-state index contributed by atoms with van der Waals surface area (Å²) in [6, 6.07) is 11.9. The van der Waals surface area contributed by atoms with Gasteiger partial charge in [0.05, 0.1) is 21.3 Å². The maximum Gasteiger partial charge on any atom is 0.240 e. The number of halogens is 3. The number of nitrogens with zero attached hydrogens (tertiary/aromatic N) is 2. The summed E-state index contributed by atoms with van der Waals surface area (Å²) in [7, 11) is -0.347. The second kappa shape index (κ2) is 8.89. The van der Waals surface area contributed by atoms with Crippen LogP contribution >= 0.6 is 51.5 Å². The molecule has 0 aliphatic rings. The molecule has 0 fully saturated rings. The molecule has 144 valence electrons.